The third kappa shape index (κ3) is 6.61. The maximum Gasteiger partial charge on any atom is 0.264 e. The van der Waals surface area contributed by atoms with Gasteiger partial charge in [0.25, 0.3) is 10.0 Å². The summed E-state index contributed by atoms with van der Waals surface area (Å²) in [6.07, 6.45) is 4.87. The molecule has 0 amide bonds. The molecule has 6 nitrogen and oxygen atoms in total. The number of aryl methyl sites for hydroxylation is 1. The lowest BCUT2D eigenvalue weighted by Crippen LogP contribution is -2.34. The van der Waals surface area contributed by atoms with Crippen LogP contribution in [-0.2, 0) is 31.9 Å². The second kappa shape index (κ2) is 12.2. The van der Waals surface area contributed by atoms with Gasteiger partial charge in [-0.2, -0.15) is 0 Å². The number of ether oxygens (including phenoxy) is 2. The van der Waals surface area contributed by atoms with E-state index in [1.54, 1.807) is 25.2 Å². The quantitative estimate of drug-likeness (QED) is 0.437. The molecule has 1 aliphatic heterocycles. The SMILES string of the molecule is CCc1ccc(N(CC(C)C)S(=O)(=O)c2ccc(OCC3CCOCC3)c(S(C)=NC)c2)cc1. The predicted octanol–water partition coefficient (Wildman–Crippen LogP) is 5.33. The van der Waals surface area contributed by atoms with Gasteiger partial charge in [0.2, 0.25) is 0 Å². The monoisotopic (exact) mass is 506 g/mol. The van der Waals surface area contributed by atoms with Crippen molar-refractivity contribution in [2.24, 2.45) is 16.2 Å². The number of anilines is 1. The average molecular weight is 507 g/mol. The lowest BCUT2D eigenvalue weighted by atomic mass is 10.0. The Balaban J connectivity index is 1.95. The highest BCUT2D eigenvalue weighted by Gasteiger charge is 2.27. The van der Waals surface area contributed by atoms with E-state index in [9.17, 15) is 8.42 Å². The molecule has 2 aromatic rings. The van der Waals surface area contributed by atoms with Gasteiger partial charge < -0.3 is 9.47 Å². The summed E-state index contributed by atoms with van der Waals surface area (Å²) >= 11 is 0. The molecule has 0 aromatic heterocycles. The first-order valence-corrected chi connectivity index (χ1v) is 15.0. The Labute approximate surface area is 207 Å². The second-order valence-electron chi connectivity index (χ2n) is 9.09. The van der Waals surface area contributed by atoms with E-state index in [-0.39, 0.29) is 10.8 Å². The molecule has 0 aliphatic carbocycles. The van der Waals surface area contributed by atoms with Crippen LogP contribution in [0.1, 0.15) is 39.2 Å². The van der Waals surface area contributed by atoms with Crippen molar-refractivity contribution in [2.75, 3.05) is 44.0 Å². The Kier molecular flexibility index (Phi) is 9.56. The highest BCUT2D eigenvalue weighted by atomic mass is 32.2. The van der Waals surface area contributed by atoms with Crippen molar-refractivity contribution in [3.63, 3.8) is 0 Å². The number of benzene rings is 2. The third-order valence-corrected chi connectivity index (χ3v) is 9.37. The van der Waals surface area contributed by atoms with E-state index >= 15 is 0 Å². The molecule has 188 valence electrons. The summed E-state index contributed by atoms with van der Waals surface area (Å²) in [7, 11) is -2.49. The first kappa shape index (κ1) is 26.7. The van der Waals surface area contributed by atoms with Gasteiger partial charge in [0.15, 0.2) is 0 Å². The van der Waals surface area contributed by atoms with Crippen molar-refractivity contribution in [3.05, 3.63) is 48.0 Å². The number of nitrogens with zero attached hydrogens (tertiary/aromatic N) is 2. The summed E-state index contributed by atoms with van der Waals surface area (Å²) in [6.45, 7) is 8.69. The fourth-order valence-electron chi connectivity index (χ4n) is 3.92. The van der Waals surface area contributed by atoms with Crippen LogP contribution in [0.15, 0.2) is 56.6 Å². The topological polar surface area (TPSA) is 68.2 Å². The predicted molar refractivity (Wildman–Crippen MR) is 141 cm³/mol. The summed E-state index contributed by atoms with van der Waals surface area (Å²) in [5.41, 5.74) is 1.86. The van der Waals surface area contributed by atoms with Gasteiger partial charge in [0.1, 0.15) is 5.75 Å². The fourth-order valence-corrected chi connectivity index (χ4v) is 6.56. The van der Waals surface area contributed by atoms with Crippen LogP contribution in [0.25, 0.3) is 0 Å². The van der Waals surface area contributed by atoms with E-state index in [1.807, 2.05) is 44.4 Å². The average Bonchev–Trinajstić information content (AvgIpc) is 2.86. The highest BCUT2D eigenvalue weighted by molar-refractivity contribution is 7.93. The molecule has 3 rings (SSSR count). The molecule has 0 bridgehead atoms. The first-order chi connectivity index (χ1) is 16.3. The number of hydrogen-bond donors (Lipinski definition) is 0. The van der Waals surface area contributed by atoms with Crippen molar-refractivity contribution in [1.29, 1.82) is 0 Å². The number of rotatable bonds is 10. The lowest BCUT2D eigenvalue weighted by molar-refractivity contribution is 0.0493. The van der Waals surface area contributed by atoms with Crippen molar-refractivity contribution in [2.45, 2.75) is 49.8 Å². The summed E-state index contributed by atoms with van der Waals surface area (Å²) in [4.78, 5) is 1.09. The van der Waals surface area contributed by atoms with Gasteiger partial charge in [-0.15, -0.1) is 0 Å². The maximum absolute atomic E-state index is 13.8. The Morgan fingerprint density at radius 2 is 1.82 bits per heavy atom. The van der Waals surface area contributed by atoms with Crippen LogP contribution < -0.4 is 9.04 Å². The molecule has 1 heterocycles. The minimum absolute atomic E-state index is 0.175. The summed E-state index contributed by atoms with van der Waals surface area (Å²) in [6, 6.07) is 13.0. The lowest BCUT2D eigenvalue weighted by Gasteiger charge is -2.27. The number of sulfonamides is 1. The zero-order valence-electron chi connectivity index (χ0n) is 21.0. The van der Waals surface area contributed by atoms with Gasteiger partial charge in [0, 0.05) is 26.8 Å². The Hall–Kier alpha value is -1.90. The van der Waals surface area contributed by atoms with E-state index in [0.717, 1.165) is 37.4 Å². The largest absolute Gasteiger partial charge is 0.492 e. The summed E-state index contributed by atoms with van der Waals surface area (Å²) < 4.78 is 45.3. The normalized spacial score (nSPS) is 16.1. The fraction of sp³-hybridized carbons (Fsp3) is 0.538. The van der Waals surface area contributed by atoms with E-state index < -0.39 is 20.7 Å². The van der Waals surface area contributed by atoms with E-state index in [4.69, 9.17) is 9.47 Å². The van der Waals surface area contributed by atoms with E-state index in [1.165, 1.54) is 9.87 Å². The van der Waals surface area contributed by atoms with E-state index in [0.29, 0.717) is 30.5 Å². The molecular weight excluding hydrogens is 468 g/mol. The van der Waals surface area contributed by atoms with Crippen LogP contribution in [0.5, 0.6) is 5.75 Å². The molecule has 1 saturated heterocycles. The Bertz CT molecular complexity index is 1080. The molecule has 8 heteroatoms. The maximum atomic E-state index is 13.8. The van der Waals surface area contributed by atoms with Crippen LogP contribution >= 0.6 is 0 Å². The highest BCUT2D eigenvalue weighted by Crippen LogP contribution is 2.31. The molecule has 1 unspecified atom stereocenters. The van der Waals surface area contributed by atoms with Gasteiger partial charge in [-0.25, -0.2) is 8.42 Å². The minimum Gasteiger partial charge on any atom is -0.492 e. The molecule has 1 fully saturated rings. The molecule has 1 aliphatic rings. The molecule has 34 heavy (non-hydrogen) atoms. The third-order valence-electron chi connectivity index (χ3n) is 6.07. The van der Waals surface area contributed by atoms with Crippen LogP contribution in [0.2, 0.25) is 0 Å². The standard InChI is InChI=1S/C26H38N2O4S2/c1-6-21-7-9-23(10-8-21)28(18-20(2)3)34(29,30)24-11-12-25(26(17-24)33(5)27-4)32-19-22-13-15-31-16-14-22/h7-12,17,20,22H,6,13-16,18-19H2,1-5H3. The zero-order chi connectivity index (χ0) is 24.7. The molecule has 0 spiro atoms. The van der Waals surface area contributed by atoms with Gasteiger partial charge in [-0.1, -0.05) is 43.6 Å². The molecule has 1 atom stereocenters. The smallest absolute Gasteiger partial charge is 0.264 e. The van der Waals surface area contributed by atoms with Crippen molar-refractivity contribution in [3.8, 4) is 5.75 Å². The molecule has 0 N–H and O–H groups in total. The Morgan fingerprint density at radius 3 is 2.41 bits per heavy atom. The summed E-state index contributed by atoms with van der Waals surface area (Å²) in [5, 5.41) is 0. The van der Waals surface area contributed by atoms with Gasteiger partial charge >= 0.3 is 0 Å². The molecule has 2 aromatic carbocycles. The Morgan fingerprint density at radius 1 is 1.15 bits per heavy atom. The van der Waals surface area contributed by atoms with Gasteiger partial charge in [-0.05, 0) is 73.2 Å². The first-order valence-electron chi connectivity index (χ1n) is 12.0. The molecular formula is C26H38N2O4S2. The van der Waals surface area contributed by atoms with Gasteiger partial charge in [0.05, 0.1) is 22.1 Å². The molecule has 0 saturated carbocycles. The van der Waals surface area contributed by atoms with Crippen LogP contribution in [0, 0.1) is 11.8 Å². The second-order valence-corrected chi connectivity index (χ2v) is 12.7. The summed E-state index contributed by atoms with van der Waals surface area (Å²) in [5.74, 6) is 1.34. The molecule has 0 radical (unpaired) electrons. The van der Waals surface area contributed by atoms with Crippen molar-refractivity contribution < 1.29 is 17.9 Å². The van der Waals surface area contributed by atoms with Crippen LogP contribution in [0.3, 0.4) is 0 Å². The van der Waals surface area contributed by atoms with Gasteiger partial charge in [-0.3, -0.25) is 8.67 Å². The van der Waals surface area contributed by atoms with Crippen LogP contribution in [-0.4, -0.2) is 48.1 Å². The zero-order valence-corrected chi connectivity index (χ0v) is 22.6. The number of hydrogen-bond acceptors (Lipinski definition) is 5. The van der Waals surface area contributed by atoms with Crippen molar-refractivity contribution in [1.82, 2.24) is 0 Å². The van der Waals surface area contributed by atoms with E-state index in [2.05, 4.69) is 11.3 Å². The van der Waals surface area contributed by atoms with Crippen molar-refractivity contribution >= 4 is 26.4 Å². The van der Waals surface area contributed by atoms with Crippen LogP contribution in [0.4, 0.5) is 5.69 Å². The minimum atomic E-state index is -3.76.